The Kier molecular flexibility index (Phi) is 4.92. The maximum atomic E-state index is 14.4. The van der Waals surface area contributed by atoms with Gasteiger partial charge in [0.05, 0.1) is 24.7 Å². The summed E-state index contributed by atoms with van der Waals surface area (Å²) >= 11 is 0. The molecule has 10 atom stereocenters. The lowest BCUT2D eigenvalue weighted by Crippen LogP contribution is -2.69. The largest absolute Gasteiger partial charge is 0.469 e. The average molecular weight is 499 g/mol. The van der Waals surface area contributed by atoms with Gasteiger partial charge in [0.25, 0.3) is 0 Å². The van der Waals surface area contributed by atoms with Crippen molar-refractivity contribution in [1.82, 2.24) is 0 Å². The van der Waals surface area contributed by atoms with Crippen LogP contribution in [0.5, 0.6) is 0 Å². The summed E-state index contributed by atoms with van der Waals surface area (Å²) in [6, 6.07) is 0. The van der Waals surface area contributed by atoms with Gasteiger partial charge in [-0.3, -0.25) is 9.59 Å². The van der Waals surface area contributed by atoms with Crippen molar-refractivity contribution in [3.63, 3.8) is 0 Å². The summed E-state index contributed by atoms with van der Waals surface area (Å²) in [5, 5.41) is 11.7. The highest BCUT2D eigenvalue weighted by molar-refractivity contribution is 5.96. The smallest absolute Gasteiger partial charge is 0.312 e. The van der Waals surface area contributed by atoms with Crippen LogP contribution in [-0.4, -0.2) is 42.3 Å². The van der Waals surface area contributed by atoms with Gasteiger partial charge in [-0.15, -0.1) is 0 Å². The number of esters is 1. The second-order valence-corrected chi connectivity index (χ2v) is 15.5. The van der Waals surface area contributed by atoms with Crippen LogP contribution in [0, 0.1) is 50.2 Å². The van der Waals surface area contributed by atoms with Gasteiger partial charge in [0.1, 0.15) is 6.10 Å². The minimum Gasteiger partial charge on any atom is -0.469 e. The third kappa shape index (κ3) is 2.70. The van der Waals surface area contributed by atoms with Crippen molar-refractivity contribution in [1.29, 1.82) is 0 Å². The van der Waals surface area contributed by atoms with Crippen LogP contribution in [0.3, 0.4) is 0 Å². The van der Waals surface area contributed by atoms with E-state index in [-0.39, 0.29) is 63.4 Å². The van der Waals surface area contributed by atoms with E-state index >= 15 is 0 Å². The second kappa shape index (κ2) is 7.05. The van der Waals surface area contributed by atoms with Crippen LogP contribution in [0.15, 0.2) is 11.6 Å². The number of rotatable bonds is 1. The van der Waals surface area contributed by atoms with E-state index in [1.807, 2.05) is 6.08 Å². The first-order valence-electron chi connectivity index (χ1n) is 14.3. The molecule has 1 N–H and O–H groups in total. The number of epoxide rings is 1. The summed E-state index contributed by atoms with van der Waals surface area (Å²) in [5.74, 6) is 0.0799. The predicted molar refractivity (Wildman–Crippen MR) is 137 cm³/mol. The molecule has 0 amide bonds. The van der Waals surface area contributed by atoms with Crippen molar-refractivity contribution in [3.8, 4) is 0 Å². The van der Waals surface area contributed by atoms with Crippen LogP contribution in [0.2, 0.25) is 0 Å². The van der Waals surface area contributed by atoms with Gasteiger partial charge in [-0.2, -0.15) is 0 Å². The summed E-state index contributed by atoms with van der Waals surface area (Å²) in [7, 11) is 1.51. The molecule has 5 nitrogen and oxygen atoms in total. The summed E-state index contributed by atoms with van der Waals surface area (Å²) in [6.07, 6.45) is 7.65. The summed E-state index contributed by atoms with van der Waals surface area (Å²) in [5.41, 5.74) is -0.273. The topological polar surface area (TPSA) is 76.1 Å². The molecule has 4 saturated carbocycles. The zero-order valence-electron chi connectivity index (χ0n) is 23.6. The van der Waals surface area contributed by atoms with Crippen molar-refractivity contribution in [2.24, 2.45) is 50.2 Å². The Hall–Kier alpha value is -1.20. The zero-order valence-corrected chi connectivity index (χ0v) is 23.6. The molecule has 6 rings (SSSR count). The average Bonchev–Trinajstić information content (AvgIpc) is 3.60. The molecule has 0 aromatic heterocycles. The lowest BCUT2D eigenvalue weighted by molar-refractivity contribution is -0.210. The zero-order chi connectivity index (χ0) is 26.3. The first-order valence-corrected chi connectivity index (χ1v) is 14.3. The Morgan fingerprint density at radius 1 is 1.03 bits per heavy atom. The number of fused-ring (bicyclic) bond motifs is 8. The Balaban J connectivity index is 1.51. The summed E-state index contributed by atoms with van der Waals surface area (Å²) in [6.45, 7) is 16.1. The first kappa shape index (κ1) is 25.1. The fourth-order valence-corrected chi connectivity index (χ4v) is 11.0. The summed E-state index contributed by atoms with van der Waals surface area (Å²) < 4.78 is 11.5. The third-order valence-corrected chi connectivity index (χ3v) is 13.3. The van der Waals surface area contributed by atoms with Crippen LogP contribution in [-0.2, 0) is 19.1 Å². The number of hydrogen-bond acceptors (Lipinski definition) is 5. The Bertz CT molecular complexity index is 1060. The standard InChI is InChI=1S/C31H46O5/c1-26(2)11-13-31(25(34)35-8)14-12-28(5)17(18(31)16-26)15-19(32)22-29(28,6)10-9-20-27(3,4)24-21(36-24)23(33)30(20,22)7/h15,18,20-24,33H,9-14,16H2,1-8H3/t18?,20?,21-,22?,23+,24-,28-,29-,30+,31+/m1/s1. The molecule has 0 radical (unpaired) electrons. The molecule has 200 valence electrons. The van der Waals surface area contributed by atoms with Crippen molar-refractivity contribution in [2.45, 2.75) is 112 Å². The van der Waals surface area contributed by atoms with E-state index in [1.165, 1.54) is 12.7 Å². The van der Waals surface area contributed by atoms with Gasteiger partial charge >= 0.3 is 5.97 Å². The molecular formula is C31H46O5. The number of aliphatic hydroxyl groups excluding tert-OH is 1. The number of methoxy groups -OCH3 is 1. The minimum atomic E-state index is -0.626. The highest BCUT2D eigenvalue weighted by atomic mass is 16.6. The lowest BCUT2D eigenvalue weighted by Gasteiger charge is -2.70. The van der Waals surface area contributed by atoms with Gasteiger partial charge in [0.2, 0.25) is 0 Å². The molecule has 3 unspecified atom stereocenters. The maximum absolute atomic E-state index is 14.4. The van der Waals surface area contributed by atoms with Gasteiger partial charge < -0.3 is 14.6 Å². The van der Waals surface area contributed by atoms with Crippen molar-refractivity contribution < 1.29 is 24.2 Å². The van der Waals surface area contributed by atoms with Gasteiger partial charge in [-0.1, -0.05) is 54.0 Å². The molecule has 5 fully saturated rings. The van der Waals surface area contributed by atoms with E-state index in [1.54, 1.807) is 0 Å². The van der Waals surface area contributed by atoms with E-state index in [0.717, 1.165) is 44.9 Å². The molecule has 0 bridgehead atoms. The monoisotopic (exact) mass is 498 g/mol. The van der Waals surface area contributed by atoms with Crippen molar-refractivity contribution >= 4 is 11.8 Å². The first-order chi connectivity index (χ1) is 16.6. The predicted octanol–water partition coefficient (Wildman–Crippen LogP) is 5.49. The quantitative estimate of drug-likeness (QED) is 0.382. The molecule has 5 aliphatic carbocycles. The van der Waals surface area contributed by atoms with E-state index < -0.39 is 16.9 Å². The van der Waals surface area contributed by atoms with Crippen LogP contribution >= 0.6 is 0 Å². The van der Waals surface area contributed by atoms with Gasteiger partial charge in [0.15, 0.2) is 5.78 Å². The van der Waals surface area contributed by atoms with Crippen LogP contribution in [0.25, 0.3) is 0 Å². The number of ether oxygens (including phenoxy) is 2. The number of hydrogen-bond donors (Lipinski definition) is 1. The normalized spacial score (nSPS) is 54.0. The van der Waals surface area contributed by atoms with E-state index in [2.05, 4.69) is 48.5 Å². The van der Waals surface area contributed by atoms with Gasteiger partial charge in [0, 0.05) is 11.3 Å². The second-order valence-electron chi connectivity index (χ2n) is 15.5. The summed E-state index contributed by atoms with van der Waals surface area (Å²) in [4.78, 5) is 27.8. The molecule has 0 aromatic carbocycles. The number of allylic oxidation sites excluding steroid dienone is 2. The van der Waals surface area contributed by atoms with Crippen LogP contribution < -0.4 is 0 Å². The molecule has 1 aliphatic heterocycles. The van der Waals surface area contributed by atoms with Gasteiger partial charge in [-0.05, 0) is 84.5 Å². The SMILES string of the molecule is COC(=O)[C@]12CCC(C)(C)CC1C1=CC(=O)C3[C@]4(C)C(CC[C@@]3(C)[C@]1(C)CC2)C(C)(C)[C@@H]1O[C@@H]1[C@@H]4O. The highest BCUT2D eigenvalue weighted by Gasteiger charge is 2.77. The number of ketones is 1. The molecule has 6 aliphatic rings. The minimum absolute atomic E-state index is 0.0311. The highest BCUT2D eigenvalue weighted by Crippen LogP contribution is 2.76. The maximum Gasteiger partial charge on any atom is 0.312 e. The van der Waals surface area contributed by atoms with Gasteiger partial charge in [-0.25, -0.2) is 0 Å². The Morgan fingerprint density at radius 3 is 2.36 bits per heavy atom. The fourth-order valence-electron chi connectivity index (χ4n) is 11.0. The Labute approximate surface area is 216 Å². The van der Waals surface area contributed by atoms with E-state index in [9.17, 15) is 14.7 Å². The fraction of sp³-hybridized carbons (Fsp3) is 0.871. The van der Waals surface area contributed by atoms with E-state index in [4.69, 9.17) is 9.47 Å². The van der Waals surface area contributed by atoms with Crippen LogP contribution in [0.4, 0.5) is 0 Å². The molecule has 1 saturated heterocycles. The molecule has 5 heteroatoms. The third-order valence-electron chi connectivity index (χ3n) is 13.3. The molecule has 0 aromatic rings. The molecule has 1 heterocycles. The Morgan fingerprint density at radius 2 is 1.69 bits per heavy atom. The number of carbonyl (C=O) groups excluding carboxylic acids is 2. The lowest BCUT2D eigenvalue weighted by atomic mass is 9.33. The van der Waals surface area contributed by atoms with Crippen LogP contribution in [0.1, 0.15) is 93.4 Å². The van der Waals surface area contributed by atoms with Crippen molar-refractivity contribution in [2.75, 3.05) is 7.11 Å². The van der Waals surface area contributed by atoms with E-state index in [0.29, 0.717) is 0 Å². The van der Waals surface area contributed by atoms with Crippen molar-refractivity contribution in [3.05, 3.63) is 11.6 Å². The molecule has 0 spiro atoms. The molecule has 36 heavy (non-hydrogen) atoms. The number of aliphatic hydroxyl groups is 1. The number of carbonyl (C=O) groups is 2. The molecular weight excluding hydrogens is 452 g/mol.